The van der Waals surface area contributed by atoms with Gasteiger partial charge in [-0.2, -0.15) is 11.3 Å². The second kappa shape index (κ2) is 5.59. The van der Waals surface area contributed by atoms with Crippen molar-refractivity contribution in [2.24, 2.45) is 0 Å². The first-order valence-electron chi connectivity index (χ1n) is 5.30. The fraction of sp³-hybridized carbons (Fsp3) is 0.167. The third kappa shape index (κ3) is 3.04. The third-order valence-electron chi connectivity index (χ3n) is 2.37. The van der Waals surface area contributed by atoms with Crippen molar-refractivity contribution in [3.8, 4) is 0 Å². The van der Waals surface area contributed by atoms with Crippen molar-refractivity contribution in [2.75, 3.05) is 11.9 Å². The molecule has 0 fully saturated rings. The summed E-state index contributed by atoms with van der Waals surface area (Å²) >= 11 is 1.61. The minimum atomic E-state index is -1.19. The monoisotopic (exact) mass is 266 g/mol. The highest BCUT2D eigenvalue weighted by Crippen LogP contribution is 2.14. The molecule has 0 aliphatic rings. The van der Waals surface area contributed by atoms with E-state index in [4.69, 9.17) is 5.11 Å². The van der Waals surface area contributed by atoms with Crippen LogP contribution in [0.25, 0.3) is 0 Å². The highest BCUT2D eigenvalue weighted by atomic mass is 32.1. The number of nitrogens with zero attached hydrogens (tertiary/aromatic N) is 1. The highest BCUT2D eigenvalue weighted by molar-refractivity contribution is 7.07. The van der Waals surface area contributed by atoms with Gasteiger partial charge in [-0.05, 0) is 34.9 Å². The van der Waals surface area contributed by atoms with Crippen LogP contribution in [-0.2, 0) is 6.42 Å². The van der Waals surface area contributed by atoms with Gasteiger partial charge >= 0.3 is 5.97 Å². The van der Waals surface area contributed by atoms with E-state index < -0.39 is 11.8 Å². The lowest BCUT2D eigenvalue weighted by atomic mass is 10.2. The van der Waals surface area contributed by atoms with Crippen LogP contribution in [0, 0.1) is 5.82 Å². The maximum Gasteiger partial charge on any atom is 0.339 e. The Morgan fingerprint density at radius 1 is 1.56 bits per heavy atom. The predicted octanol–water partition coefficient (Wildman–Crippen LogP) is 2.64. The maximum atomic E-state index is 12.9. The van der Waals surface area contributed by atoms with Gasteiger partial charge in [-0.1, -0.05) is 0 Å². The summed E-state index contributed by atoms with van der Waals surface area (Å²) in [6.07, 6.45) is 1.76. The van der Waals surface area contributed by atoms with E-state index in [1.165, 1.54) is 5.56 Å². The van der Waals surface area contributed by atoms with Gasteiger partial charge in [0.25, 0.3) is 0 Å². The molecule has 0 saturated heterocycles. The molecule has 0 saturated carbocycles. The molecule has 0 radical (unpaired) electrons. The van der Waals surface area contributed by atoms with E-state index in [1.54, 1.807) is 11.3 Å². The van der Waals surface area contributed by atoms with Gasteiger partial charge < -0.3 is 10.4 Å². The molecule has 94 valence electrons. The summed E-state index contributed by atoms with van der Waals surface area (Å²) in [5, 5.41) is 15.8. The second-order valence-electron chi connectivity index (χ2n) is 3.66. The summed E-state index contributed by atoms with van der Waals surface area (Å²) in [7, 11) is 0. The summed E-state index contributed by atoms with van der Waals surface area (Å²) in [6, 6.07) is 2.96. The molecule has 2 aromatic rings. The van der Waals surface area contributed by atoms with Crippen LogP contribution in [0.15, 0.2) is 29.1 Å². The zero-order valence-electron chi connectivity index (χ0n) is 9.39. The summed E-state index contributed by atoms with van der Waals surface area (Å²) < 4.78 is 12.9. The van der Waals surface area contributed by atoms with Crippen LogP contribution in [0.3, 0.4) is 0 Å². The van der Waals surface area contributed by atoms with Crippen molar-refractivity contribution in [3.05, 3.63) is 46.0 Å². The van der Waals surface area contributed by atoms with Crippen molar-refractivity contribution in [1.82, 2.24) is 4.98 Å². The molecule has 2 heterocycles. The average Bonchev–Trinajstić information content (AvgIpc) is 2.84. The number of hydrogen-bond acceptors (Lipinski definition) is 4. The van der Waals surface area contributed by atoms with Crippen molar-refractivity contribution in [1.29, 1.82) is 0 Å². The number of aromatic nitrogens is 1. The number of hydrogen-bond donors (Lipinski definition) is 2. The Balaban J connectivity index is 2.02. The minimum absolute atomic E-state index is 0.152. The number of pyridine rings is 1. The fourth-order valence-corrected chi connectivity index (χ4v) is 2.21. The predicted molar refractivity (Wildman–Crippen MR) is 67.7 cm³/mol. The van der Waals surface area contributed by atoms with Gasteiger partial charge in [0.2, 0.25) is 0 Å². The smallest absolute Gasteiger partial charge is 0.339 e. The van der Waals surface area contributed by atoms with Gasteiger partial charge in [0.15, 0.2) is 0 Å². The fourth-order valence-electron chi connectivity index (χ4n) is 1.50. The zero-order chi connectivity index (χ0) is 13.0. The van der Waals surface area contributed by atoms with Crippen molar-refractivity contribution in [3.63, 3.8) is 0 Å². The van der Waals surface area contributed by atoms with Crippen LogP contribution in [0.5, 0.6) is 0 Å². The number of anilines is 1. The topological polar surface area (TPSA) is 62.2 Å². The molecule has 4 nitrogen and oxygen atoms in total. The molecular weight excluding hydrogens is 255 g/mol. The molecular formula is C12H11FN2O2S. The number of nitrogens with one attached hydrogen (secondary N) is 1. The van der Waals surface area contributed by atoms with Gasteiger partial charge in [0, 0.05) is 6.54 Å². The molecule has 2 aromatic heterocycles. The number of aromatic carboxylic acids is 1. The average molecular weight is 266 g/mol. The molecule has 0 unspecified atom stereocenters. The van der Waals surface area contributed by atoms with Gasteiger partial charge in [-0.15, -0.1) is 0 Å². The van der Waals surface area contributed by atoms with Crippen molar-refractivity contribution >= 4 is 23.1 Å². The number of carboxylic acids is 1. The minimum Gasteiger partial charge on any atom is -0.478 e. The first kappa shape index (κ1) is 12.5. The molecule has 0 aliphatic heterocycles. The van der Waals surface area contributed by atoms with Gasteiger partial charge in [-0.25, -0.2) is 14.2 Å². The molecule has 0 aromatic carbocycles. The molecule has 0 atom stereocenters. The van der Waals surface area contributed by atoms with Crippen LogP contribution in [0.2, 0.25) is 0 Å². The third-order valence-corrected chi connectivity index (χ3v) is 3.10. The van der Waals surface area contributed by atoms with Crippen LogP contribution < -0.4 is 5.32 Å². The quantitative estimate of drug-likeness (QED) is 0.873. The van der Waals surface area contributed by atoms with E-state index in [1.807, 2.05) is 16.8 Å². The van der Waals surface area contributed by atoms with Crippen molar-refractivity contribution < 1.29 is 14.3 Å². The molecule has 2 rings (SSSR count). The SMILES string of the molecule is O=C(O)c1cc(F)cnc1NCCc1ccsc1. The lowest BCUT2D eigenvalue weighted by Gasteiger charge is -2.07. The Labute approximate surface area is 107 Å². The standard InChI is InChI=1S/C12H11FN2O2S/c13-9-5-10(12(16)17)11(15-6-9)14-3-1-8-2-4-18-7-8/h2,4-7H,1,3H2,(H,14,15)(H,16,17). The molecule has 0 amide bonds. The Morgan fingerprint density at radius 2 is 2.39 bits per heavy atom. The van der Waals surface area contributed by atoms with E-state index in [2.05, 4.69) is 10.3 Å². The number of rotatable bonds is 5. The van der Waals surface area contributed by atoms with Crippen LogP contribution in [-0.4, -0.2) is 22.6 Å². The summed E-state index contributed by atoms with van der Waals surface area (Å²) in [5.41, 5.74) is 1.02. The van der Waals surface area contributed by atoms with Gasteiger partial charge in [0.1, 0.15) is 17.2 Å². The van der Waals surface area contributed by atoms with Gasteiger partial charge in [-0.3, -0.25) is 0 Å². The zero-order valence-corrected chi connectivity index (χ0v) is 10.2. The lowest BCUT2D eigenvalue weighted by molar-refractivity contribution is 0.0697. The lowest BCUT2D eigenvalue weighted by Crippen LogP contribution is -2.11. The number of thiophene rings is 1. The normalized spacial score (nSPS) is 10.3. The number of halogens is 1. The Bertz CT molecular complexity index is 543. The summed E-state index contributed by atoms with van der Waals surface area (Å²) in [6.45, 7) is 0.551. The number of carboxylic acid groups (broad SMARTS) is 1. The molecule has 0 spiro atoms. The first-order chi connectivity index (χ1) is 8.66. The van der Waals surface area contributed by atoms with E-state index in [9.17, 15) is 9.18 Å². The Hall–Kier alpha value is -1.95. The molecule has 0 bridgehead atoms. The van der Waals surface area contributed by atoms with E-state index in [-0.39, 0.29) is 11.4 Å². The second-order valence-corrected chi connectivity index (χ2v) is 4.44. The summed E-state index contributed by atoms with van der Waals surface area (Å²) in [4.78, 5) is 14.7. The van der Waals surface area contributed by atoms with Crippen LogP contribution >= 0.6 is 11.3 Å². The maximum absolute atomic E-state index is 12.9. The van der Waals surface area contributed by atoms with E-state index in [0.717, 1.165) is 18.7 Å². The number of carbonyl (C=O) groups is 1. The van der Waals surface area contributed by atoms with Crippen LogP contribution in [0.4, 0.5) is 10.2 Å². The molecule has 0 aliphatic carbocycles. The summed E-state index contributed by atoms with van der Waals surface area (Å²) in [5.74, 6) is -1.66. The largest absolute Gasteiger partial charge is 0.478 e. The van der Waals surface area contributed by atoms with Gasteiger partial charge in [0.05, 0.1) is 6.20 Å². The Morgan fingerprint density at radius 3 is 3.06 bits per heavy atom. The molecule has 18 heavy (non-hydrogen) atoms. The van der Waals surface area contributed by atoms with Crippen LogP contribution in [0.1, 0.15) is 15.9 Å². The molecule has 6 heteroatoms. The molecule has 2 N–H and O–H groups in total. The van der Waals surface area contributed by atoms with E-state index in [0.29, 0.717) is 6.54 Å². The first-order valence-corrected chi connectivity index (χ1v) is 6.25. The Kier molecular flexibility index (Phi) is 3.88. The van der Waals surface area contributed by atoms with E-state index >= 15 is 0 Å². The highest BCUT2D eigenvalue weighted by Gasteiger charge is 2.12. The van der Waals surface area contributed by atoms with Crippen molar-refractivity contribution in [2.45, 2.75) is 6.42 Å².